The molecular formula is C29H42N6O. The third-order valence-electron chi connectivity index (χ3n) is 7.10. The van der Waals surface area contributed by atoms with Crippen molar-refractivity contribution >= 4 is 22.8 Å². The van der Waals surface area contributed by atoms with Crippen molar-refractivity contribution in [2.24, 2.45) is 0 Å². The summed E-state index contributed by atoms with van der Waals surface area (Å²) in [6.07, 6.45) is 10.7. The zero-order valence-electron chi connectivity index (χ0n) is 22.4. The number of rotatable bonds is 11. The van der Waals surface area contributed by atoms with E-state index < -0.39 is 0 Å². The Labute approximate surface area is 215 Å². The highest BCUT2D eigenvalue weighted by molar-refractivity contribution is 5.91. The van der Waals surface area contributed by atoms with Crippen LogP contribution in [0.1, 0.15) is 83.2 Å². The lowest BCUT2D eigenvalue weighted by molar-refractivity contribution is -0.131. The predicted octanol–water partition coefficient (Wildman–Crippen LogP) is 5.87. The topological polar surface area (TPSA) is 67.2 Å². The Kier molecular flexibility index (Phi) is 9.31. The molecule has 1 amide bonds. The summed E-state index contributed by atoms with van der Waals surface area (Å²) in [7, 11) is 0. The van der Waals surface area contributed by atoms with Gasteiger partial charge < -0.3 is 9.80 Å². The number of aromatic nitrogens is 4. The van der Waals surface area contributed by atoms with Gasteiger partial charge in [-0.3, -0.25) is 4.79 Å². The number of hydrogen-bond donors (Lipinski definition) is 0. The highest BCUT2D eigenvalue weighted by Crippen LogP contribution is 2.30. The molecule has 0 bridgehead atoms. The van der Waals surface area contributed by atoms with Crippen LogP contribution in [0.2, 0.25) is 0 Å². The molecule has 0 aliphatic carbocycles. The van der Waals surface area contributed by atoms with E-state index in [1.54, 1.807) is 0 Å². The SMILES string of the molecule is CCCCCCCCC(=O)N1CCCN(c2nc(CCC)nc3c2c(C)nn3-c2ccccc2)CC1. The molecule has 0 atom stereocenters. The molecule has 3 aromatic rings. The molecule has 1 aliphatic heterocycles. The molecule has 1 aliphatic rings. The van der Waals surface area contributed by atoms with Crippen LogP contribution in [0, 0.1) is 6.92 Å². The first kappa shape index (κ1) is 26.1. The second kappa shape index (κ2) is 12.8. The summed E-state index contributed by atoms with van der Waals surface area (Å²) in [5, 5.41) is 5.89. The molecule has 1 aromatic carbocycles. The second-order valence-corrected chi connectivity index (χ2v) is 9.98. The largest absolute Gasteiger partial charge is 0.354 e. The number of para-hydroxylation sites is 1. The van der Waals surface area contributed by atoms with Crippen LogP contribution in [0.25, 0.3) is 16.7 Å². The average molecular weight is 491 g/mol. The van der Waals surface area contributed by atoms with Gasteiger partial charge in [0, 0.05) is 39.0 Å². The Morgan fingerprint density at radius 2 is 1.67 bits per heavy atom. The Balaban J connectivity index is 1.51. The molecule has 7 heteroatoms. The number of amides is 1. The molecule has 0 N–H and O–H groups in total. The van der Waals surface area contributed by atoms with Gasteiger partial charge in [-0.2, -0.15) is 5.10 Å². The van der Waals surface area contributed by atoms with Gasteiger partial charge in [-0.15, -0.1) is 0 Å². The van der Waals surface area contributed by atoms with Gasteiger partial charge in [-0.1, -0.05) is 64.2 Å². The van der Waals surface area contributed by atoms with E-state index in [1.807, 2.05) is 29.8 Å². The number of aryl methyl sites for hydroxylation is 2. The Bertz CT molecular complexity index is 1130. The first-order valence-corrected chi connectivity index (χ1v) is 14.0. The molecule has 194 valence electrons. The van der Waals surface area contributed by atoms with Gasteiger partial charge in [-0.05, 0) is 38.3 Å². The second-order valence-electron chi connectivity index (χ2n) is 9.98. The van der Waals surface area contributed by atoms with Crippen LogP contribution < -0.4 is 4.90 Å². The third kappa shape index (κ3) is 6.23. The van der Waals surface area contributed by atoms with E-state index in [-0.39, 0.29) is 0 Å². The number of fused-ring (bicyclic) bond motifs is 1. The molecule has 1 fully saturated rings. The smallest absolute Gasteiger partial charge is 0.222 e. The first-order chi connectivity index (χ1) is 17.6. The van der Waals surface area contributed by atoms with Gasteiger partial charge in [0.15, 0.2) is 5.65 Å². The van der Waals surface area contributed by atoms with Crippen molar-refractivity contribution in [3.63, 3.8) is 0 Å². The summed E-state index contributed by atoms with van der Waals surface area (Å²) < 4.78 is 1.95. The molecule has 4 rings (SSSR count). The molecule has 0 spiro atoms. The van der Waals surface area contributed by atoms with Crippen LogP contribution in [0.15, 0.2) is 30.3 Å². The van der Waals surface area contributed by atoms with Gasteiger partial charge in [0.05, 0.1) is 16.8 Å². The van der Waals surface area contributed by atoms with Crippen molar-refractivity contribution in [1.29, 1.82) is 0 Å². The van der Waals surface area contributed by atoms with Crippen LogP contribution >= 0.6 is 0 Å². The molecular weight excluding hydrogens is 448 g/mol. The summed E-state index contributed by atoms with van der Waals surface area (Å²) in [5.41, 5.74) is 2.81. The van der Waals surface area contributed by atoms with Crippen LogP contribution in [-0.2, 0) is 11.2 Å². The van der Waals surface area contributed by atoms with E-state index in [0.717, 1.165) is 92.3 Å². The number of nitrogens with zero attached hydrogens (tertiary/aromatic N) is 6. The molecule has 0 radical (unpaired) electrons. The molecule has 0 unspecified atom stereocenters. The Morgan fingerprint density at radius 1 is 0.889 bits per heavy atom. The van der Waals surface area contributed by atoms with Crippen molar-refractivity contribution in [2.75, 3.05) is 31.1 Å². The van der Waals surface area contributed by atoms with Crippen LogP contribution in [-0.4, -0.2) is 56.7 Å². The van der Waals surface area contributed by atoms with Gasteiger partial charge in [0.1, 0.15) is 11.6 Å². The van der Waals surface area contributed by atoms with Crippen molar-refractivity contribution in [1.82, 2.24) is 24.6 Å². The van der Waals surface area contributed by atoms with E-state index in [9.17, 15) is 4.79 Å². The van der Waals surface area contributed by atoms with Gasteiger partial charge in [0.25, 0.3) is 0 Å². The normalized spacial score (nSPS) is 14.4. The van der Waals surface area contributed by atoms with Gasteiger partial charge >= 0.3 is 0 Å². The van der Waals surface area contributed by atoms with Crippen molar-refractivity contribution in [3.8, 4) is 5.69 Å². The van der Waals surface area contributed by atoms with Crippen LogP contribution in [0.3, 0.4) is 0 Å². The predicted molar refractivity (Wildman–Crippen MR) is 147 cm³/mol. The number of carbonyl (C=O) groups excluding carboxylic acids is 1. The highest BCUT2D eigenvalue weighted by atomic mass is 16.2. The van der Waals surface area contributed by atoms with E-state index in [2.05, 4.69) is 35.8 Å². The standard InChI is InChI=1S/C29H42N6O/c1-4-6-7-8-9-13-18-26(36)33-19-14-20-34(22-21-33)28-27-23(3)32-35(24-16-11-10-12-17-24)29(27)31-25(30-28)15-5-2/h10-12,16-17H,4-9,13-15,18-22H2,1-3H3. The number of unbranched alkanes of at least 4 members (excludes halogenated alkanes) is 5. The lowest BCUT2D eigenvalue weighted by Gasteiger charge is -2.24. The van der Waals surface area contributed by atoms with E-state index in [0.29, 0.717) is 12.3 Å². The summed E-state index contributed by atoms with van der Waals surface area (Å²) in [6, 6.07) is 10.2. The fraction of sp³-hybridized carbons (Fsp3) is 0.586. The minimum absolute atomic E-state index is 0.305. The fourth-order valence-electron chi connectivity index (χ4n) is 5.11. The van der Waals surface area contributed by atoms with E-state index in [1.165, 1.54) is 25.7 Å². The summed E-state index contributed by atoms with van der Waals surface area (Å²) in [6.45, 7) is 9.68. The zero-order valence-corrected chi connectivity index (χ0v) is 22.4. The number of benzene rings is 1. The monoisotopic (exact) mass is 490 g/mol. The van der Waals surface area contributed by atoms with E-state index >= 15 is 0 Å². The van der Waals surface area contributed by atoms with Gasteiger partial charge in [-0.25, -0.2) is 14.6 Å². The first-order valence-electron chi connectivity index (χ1n) is 14.0. The summed E-state index contributed by atoms with van der Waals surface area (Å²) in [5.74, 6) is 2.13. The Hall–Kier alpha value is -2.96. The highest BCUT2D eigenvalue weighted by Gasteiger charge is 2.24. The third-order valence-corrected chi connectivity index (χ3v) is 7.10. The zero-order chi connectivity index (χ0) is 25.3. The molecule has 3 heterocycles. The lowest BCUT2D eigenvalue weighted by Crippen LogP contribution is -2.35. The molecule has 1 saturated heterocycles. The molecule has 0 saturated carbocycles. The minimum Gasteiger partial charge on any atom is -0.354 e. The van der Waals surface area contributed by atoms with Crippen LogP contribution in [0.5, 0.6) is 0 Å². The fourth-order valence-corrected chi connectivity index (χ4v) is 5.11. The molecule has 36 heavy (non-hydrogen) atoms. The van der Waals surface area contributed by atoms with Crippen molar-refractivity contribution in [2.45, 2.75) is 85.0 Å². The van der Waals surface area contributed by atoms with Crippen molar-refractivity contribution in [3.05, 3.63) is 41.9 Å². The summed E-state index contributed by atoms with van der Waals surface area (Å²) >= 11 is 0. The number of anilines is 1. The minimum atomic E-state index is 0.305. The number of hydrogen-bond acceptors (Lipinski definition) is 5. The maximum absolute atomic E-state index is 12.9. The maximum atomic E-state index is 12.9. The summed E-state index contributed by atoms with van der Waals surface area (Å²) in [4.78, 5) is 27.3. The molecule has 7 nitrogen and oxygen atoms in total. The lowest BCUT2D eigenvalue weighted by atomic mass is 10.1. The number of carbonyl (C=O) groups is 1. The maximum Gasteiger partial charge on any atom is 0.222 e. The van der Waals surface area contributed by atoms with Crippen LogP contribution in [0.4, 0.5) is 5.82 Å². The molecule has 2 aromatic heterocycles. The average Bonchev–Trinajstić information content (AvgIpc) is 3.06. The quantitative estimate of drug-likeness (QED) is 0.315. The van der Waals surface area contributed by atoms with E-state index in [4.69, 9.17) is 15.1 Å². The van der Waals surface area contributed by atoms with Crippen molar-refractivity contribution < 1.29 is 4.79 Å². The Morgan fingerprint density at radius 3 is 2.44 bits per heavy atom. The van der Waals surface area contributed by atoms with Gasteiger partial charge in [0.2, 0.25) is 5.91 Å².